The van der Waals surface area contributed by atoms with Crippen molar-refractivity contribution in [1.82, 2.24) is 9.80 Å². The highest BCUT2D eigenvalue weighted by Crippen LogP contribution is 2.26. The predicted molar refractivity (Wildman–Crippen MR) is 78.8 cm³/mol. The van der Waals surface area contributed by atoms with E-state index in [1.165, 1.54) is 5.56 Å². The molecule has 0 saturated heterocycles. The van der Waals surface area contributed by atoms with Crippen molar-refractivity contribution < 1.29 is 4.79 Å². The number of fused-ring (bicyclic) bond motifs is 1. The number of anilines is 1. The van der Waals surface area contributed by atoms with Crippen LogP contribution in [-0.2, 0) is 6.42 Å². The summed E-state index contributed by atoms with van der Waals surface area (Å²) in [5, 5.41) is 3.37. The summed E-state index contributed by atoms with van der Waals surface area (Å²) in [5.74, 6) is 0.105. The summed E-state index contributed by atoms with van der Waals surface area (Å²) in [7, 11) is 5.91. The lowest BCUT2D eigenvalue weighted by molar-refractivity contribution is 0.0787. The maximum Gasteiger partial charge on any atom is 0.255 e. The summed E-state index contributed by atoms with van der Waals surface area (Å²) in [6.07, 6.45) is 2.20. The molecule has 1 aliphatic heterocycles. The number of para-hydroxylation sites is 1. The summed E-state index contributed by atoms with van der Waals surface area (Å²) in [6.45, 7) is 2.58. The molecule has 1 aliphatic rings. The Bertz CT molecular complexity index is 457. The van der Waals surface area contributed by atoms with E-state index in [-0.39, 0.29) is 5.91 Å². The summed E-state index contributed by atoms with van der Waals surface area (Å²) < 4.78 is 0. The monoisotopic (exact) mass is 261 g/mol. The van der Waals surface area contributed by atoms with E-state index in [9.17, 15) is 4.79 Å². The lowest BCUT2D eigenvalue weighted by atomic mass is 9.99. The molecule has 1 aromatic rings. The van der Waals surface area contributed by atoms with E-state index in [0.29, 0.717) is 0 Å². The molecular formula is C15H23N3O. The molecule has 1 heterocycles. The molecule has 0 aromatic heterocycles. The van der Waals surface area contributed by atoms with E-state index in [1.807, 2.05) is 33.3 Å². The number of carbonyl (C=O) groups excluding carboxylic acids is 1. The highest BCUT2D eigenvalue weighted by Gasteiger charge is 2.19. The zero-order valence-electron chi connectivity index (χ0n) is 12.1. The van der Waals surface area contributed by atoms with Crippen LogP contribution in [0.3, 0.4) is 0 Å². The van der Waals surface area contributed by atoms with Crippen LogP contribution in [0.15, 0.2) is 18.2 Å². The second-order valence-electron chi connectivity index (χ2n) is 5.40. The van der Waals surface area contributed by atoms with E-state index in [0.717, 1.165) is 43.7 Å². The molecule has 0 unspecified atom stereocenters. The van der Waals surface area contributed by atoms with Crippen molar-refractivity contribution in [3.63, 3.8) is 0 Å². The molecule has 0 fully saturated rings. The zero-order valence-corrected chi connectivity index (χ0v) is 12.1. The third kappa shape index (κ3) is 3.26. The SMILES string of the molecule is CN(C)CCN(C)C(=O)c1cccc2c1NCCC2. The number of carbonyl (C=O) groups is 1. The second-order valence-corrected chi connectivity index (χ2v) is 5.40. The Morgan fingerprint density at radius 1 is 1.26 bits per heavy atom. The van der Waals surface area contributed by atoms with Crippen LogP contribution >= 0.6 is 0 Å². The number of amides is 1. The largest absolute Gasteiger partial charge is 0.384 e. The quantitative estimate of drug-likeness (QED) is 0.895. The standard InChI is InChI=1S/C15H23N3O/c1-17(2)10-11-18(3)15(19)13-8-4-6-12-7-5-9-16-14(12)13/h4,6,8,16H,5,7,9-11H2,1-3H3. The maximum atomic E-state index is 12.5. The summed E-state index contributed by atoms with van der Waals surface area (Å²) in [5.41, 5.74) is 3.10. The van der Waals surface area contributed by atoms with Gasteiger partial charge >= 0.3 is 0 Å². The normalized spacial score (nSPS) is 13.9. The number of nitrogens with zero attached hydrogens (tertiary/aromatic N) is 2. The van der Waals surface area contributed by atoms with Crippen molar-refractivity contribution >= 4 is 11.6 Å². The van der Waals surface area contributed by atoms with Crippen LogP contribution in [0.4, 0.5) is 5.69 Å². The van der Waals surface area contributed by atoms with Gasteiger partial charge in [-0.3, -0.25) is 4.79 Å². The van der Waals surface area contributed by atoms with Gasteiger partial charge in [0.2, 0.25) is 0 Å². The van der Waals surface area contributed by atoms with E-state index in [4.69, 9.17) is 0 Å². The first-order chi connectivity index (χ1) is 9.09. The fourth-order valence-electron chi connectivity index (χ4n) is 2.34. The summed E-state index contributed by atoms with van der Waals surface area (Å²) in [6, 6.07) is 6.02. The number of hydrogen-bond donors (Lipinski definition) is 1. The van der Waals surface area contributed by atoms with Crippen LogP contribution < -0.4 is 5.32 Å². The highest BCUT2D eigenvalue weighted by molar-refractivity contribution is 6.00. The van der Waals surface area contributed by atoms with E-state index in [1.54, 1.807) is 4.90 Å². The average Bonchev–Trinajstić information content (AvgIpc) is 2.43. The number of hydrogen-bond acceptors (Lipinski definition) is 3. The first kappa shape index (κ1) is 13.9. The van der Waals surface area contributed by atoms with Gasteiger partial charge < -0.3 is 15.1 Å². The van der Waals surface area contributed by atoms with Crippen LogP contribution in [-0.4, -0.2) is 56.5 Å². The lowest BCUT2D eigenvalue weighted by Gasteiger charge is -2.24. The van der Waals surface area contributed by atoms with Gasteiger partial charge in [0.05, 0.1) is 11.3 Å². The van der Waals surface area contributed by atoms with Crippen LogP contribution in [0.2, 0.25) is 0 Å². The molecule has 104 valence electrons. The maximum absolute atomic E-state index is 12.5. The molecule has 1 amide bonds. The van der Waals surface area contributed by atoms with Gasteiger partial charge in [-0.2, -0.15) is 0 Å². The molecule has 0 bridgehead atoms. The van der Waals surface area contributed by atoms with Gasteiger partial charge in [0.25, 0.3) is 5.91 Å². The van der Waals surface area contributed by atoms with Crippen molar-refractivity contribution in [3.8, 4) is 0 Å². The highest BCUT2D eigenvalue weighted by atomic mass is 16.2. The average molecular weight is 261 g/mol. The molecule has 0 spiro atoms. The Kier molecular flexibility index (Phi) is 4.43. The number of nitrogens with one attached hydrogen (secondary N) is 1. The van der Waals surface area contributed by atoms with Crippen molar-refractivity contribution in [2.45, 2.75) is 12.8 Å². The smallest absolute Gasteiger partial charge is 0.255 e. The van der Waals surface area contributed by atoms with Crippen LogP contribution in [0.25, 0.3) is 0 Å². The lowest BCUT2D eigenvalue weighted by Crippen LogP contribution is -2.34. The molecule has 4 heteroatoms. The Morgan fingerprint density at radius 3 is 2.79 bits per heavy atom. The van der Waals surface area contributed by atoms with E-state index >= 15 is 0 Å². The van der Waals surface area contributed by atoms with Gasteiger partial charge in [-0.05, 0) is 38.6 Å². The zero-order chi connectivity index (χ0) is 13.8. The topological polar surface area (TPSA) is 35.6 Å². The summed E-state index contributed by atoms with van der Waals surface area (Å²) >= 11 is 0. The molecule has 2 rings (SSSR count). The van der Waals surface area contributed by atoms with E-state index < -0.39 is 0 Å². The third-order valence-corrected chi connectivity index (χ3v) is 3.54. The molecule has 1 aromatic carbocycles. The van der Waals surface area contributed by atoms with Crippen molar-refractivity contribution in [3.05, 3.63) is 29.3 Å². The first-order valence-corrected chi connectivity index (χ1v) is 6.85. The molecule has 1 N–H and O–H groups in total. The van der Waals surface area contributed by atoms with Gasteiger partial charge in [-0.1, -0.05) is 12.1 Å². The Morgan fingerprint density at radius 2 is 2.05 bits per heavy atom. The minimum atomic E-state index is 0.105. The van der Waals surface area contributed by atoms with Gasteiger partial charge in [0, 0.05) is 26.7 Å². The minimum Gasteiger partial charge on any atom is -0.384 e. The van der Waals surface area contributed by atoms with Crippen molar-refractivity contribution in [2.75, 3.05) is 46.1 Å². The number of aryl methyl sites for hydroxylation is 1. The fraction of sp³-hybridized carbons (Fsp3) is 0.533. The van der Waals surface area contributed by atoms with Crippen molar-refractivity contribution in [2.24, 2.45) is 0 Å². The number of rotatable bonds is 4. The molecule has 4 nitrogen and oxygen atoms in total. The molecule has 0 atom stereocenters. The van der Waals surface area contributed by atoms with Gasteiger partial charge in [-0.25, -0.2) is 0 Å². The van der Waals surface area contributed by atoms with Gasteiger partial charge in [0.15, 0.2) is 0 Å². The van der Waals surface area contributed by atoms with Crippen LogP contribution in [0.5, 0.6) is 0 Å². The molecule has 19 heavy (non-hydrogen) atoms. The number of benzene rings is 1. The van der Waals surface area contributed by atoms with Gasteiger partial charge in [-0.15, -0.1) is 0 Å². The van der Waals surface area contributed by atoms with Crippen LogP contribution in [0, 0.1) is 0 Å². The molecule has 0 radical (unpaired) electrons. The minimum absolute atomic E-state index is 0.105. The molecule has 0 aliphatic carbocycles. The summed E-state index contributed by atoms with van der Waals surface area (Å²) in [4.78, 5) is 16.4. The van der Waals surface area contributed by atoms with Gasteiger partial charge in [0.1, 0.15) is 0 Å². The molecular weight excluding hydrogens is 238 g/mol. The predicted octanol–water partition coefficient (Wildman–Crippen LogP) is 1.68. The second kappa shape index (κ2) is 6.06. The Balaban J connectivity index is 2.15. The number of likely N-dealkylation sites (N-methyl/N-ethyl adjacent to an activating group) is 2. The Labute approximate surface area is 115 Å². The van der Waals surface area contributed by atoms with Crippen molar-refractivity contribution in [1.29, 1.82) is 0 Å². The molecule has 0 saturated carbocycles. The Hall–Kier alpha value is -1.55. The van der Waals surface area contributed by atoms with E-state index in [2.05, 4.69) is 16.3 Å². The third-order valence-electron chi connectivity index (χ3n) is 3.54. The fourth-order valence-corrected chi connectivity index (χ4v) is 2.34. The first-order valence-electron chi connectivity index (χ1n) is 6.85. The van der Waals surface area contributed by atoms with Crippen LogP contribution in [0.1, 0.15) is 22.3 Å².